The Labute approximate surface area is 365 Å². The van der Waals surface area contributed by atoms with Gasteiger partial charge in [-0.15, -0.1) is 59.7 Å². The monoisotopic (exact) mass is 1020 g/mol. The van der Waals surface area contributed by atoms with Crippen molar-refractivity contribution >= 4 is 23.4 Å². The van der Waals surface area contributed by atoms with Crippen LogP contribution in [0.25, 0.3) is 33.6 Å². The molecule has 1 aliphatic rings. The molecule has 4 aromatic carbocycles. The van der Waals surface area contributed by atoms with Gasteiger partial charge in [-0.05, 0) is 54.3 Å². The van der Waals surface area contributed by atoms with Gasteiger partial charge in [-0.2, -0.15) is 34.2 Å². The van der Waals surface area contributed by atoms with Crippen LogP contribution in [0.3, 0.4) is 0 Å². The summed E-state index contributed by atoms with van der Waals surface area (Å²) < 4.78 is 13.4. The molecule has 6 nitrogen and oxygen atoms in total. The molecule has 0 unspecified atom stereocenters. The molecule has 288 valence electrons. The van der Waals surface area contributed by atoms with Crippen LogP contribution in [0.4, 0.5) is 0 Å². The van der Waals surface area contributed by atoms with E-state index < -0.39 is 0 Å². The minimum absolute atomic E-state index is 0. The summed E-state index contributed by atoms with van der Waals surface area (Å²) in [6.45, 7) is 16.8. The summed E-state index contributed by atoms with van der Waals surface area (Å²) in [5.41, 5.74) is 11.9. The number of benzene rings is 4. The zero-order valence-corrected chi connectivity index (χ0v) is 37.0. The Kier molecular flexibility index (Phi) is 12.2. The molecule has 8 rings (SSSR count). The predicted octanol–water partition coefficient (Wildman–Crippen LogP) is 9.09. The van der Waals surface area contributed by atoms with Crippen LogP contribution in [0.15, 0.2) is 104 Å². The number of aromatic nitrogens is 4. The van der Waals surface area contributed by atoms with Gasteiger partial charge in [0.1, 0.15) is 0 Å². The maximum absolute atomic E-state index is 6.72. The molecule has 4 heterocycles. The molecule has 1 aliphatic heterocycles. The number of rotatable bonds is 7. The number of pyridine rings is 2. The molecule has 9 heteroatoms. The van der Waals surface area contributed by atoms with Crippen molar-refractivity contribution in [2.75, 3.05) is 0 Å². The van der Waals surface area contributed by atoms with Crippen molar-refractivity contribution < 1.29 is 51.0 Å². The maximum Gasteiger partial charge on any atom is 2.00 e. The average molecular weight is 1020 g/mol. The third-order valence-corrected chi connectivity index (χ3v) is 9.85. The summed E-state index contributed by atoms with van der Waals surface area (Å²) in [5, 5.41) is 0. The standard InChI is InChI=1S/C48H41BN4O2.Pd.Pt/c1-30-18-22-50-42(24-30)32-10-16-38(47(3,4)5)44(26-32)54-34-12-14-36-37-15-13-35(29-41(37)49(40(36)28-34)46-52-20-9-21-53-46)55-45-27-33(11-17-39(45)48(6,7)8)43-25-31(2)19-23-51-43;;/h9-25H,1-8H3;;/q-4;2*+2. The van der Waals surface area contributed by atoms with E-state index in [1.807, 2.05) is 42.7 Å². The second kappa shape index (κ2) is 16.6. The van der Waals surface area contributed by atoms with Crippen molar-refractivity contribution in [2.45, 2.75) is 66.2 Å². The molecule has 0 radical (unpaired) electrons. The molecule has 7 aromatic rings. The summed E-state index contributed by atoms with van der Waals surface area (Å²) in [6, 6.07) is 40.7. The number of aryl methyl sites for hydroxylation is 2. The van der Waals surface area contributed by atoms with Crippen molar-refractivity contribution in [1.29, 1.82) is 0 Å². The van der Waals surface area contributed by atoms with Crippen LogP contribution in [-0.4, -0.2) is 26.6 Å². The summed E-state index contributed by atoms with van der Waals surface area (Å²) in [6.07, 6.45) is 7.18. The third-order valence-electron chi connectivity index (χ3n) is 9.85. The quantitative estimate of drug-likeness (QED) is 0.117. The number of fused-ring (bicyclic) bond motifs is 3. The topological polar surface area (TPSA) is 70.0 Å². The zero-order valence-electron chi connectivity index (χ0n) is 33.1. The van der Waals surface area contributed by atoms with Crippen LogP contribution in [0.1, 0.15) is 63.8 Å². The van der Waals surface area contributed by atoms with E-state index in [0.717, 1.165) is 66.8 Å². The van der Waals surface area contributed by atoms with E-state index in [4.69, 9.17) is 19.4 Å². The van der Waals surface area contributed by atoms with Gasteiger partial charge in [0.15, 0.2) is 0 Å². The third kappa shape index (κ3) is 8.75. The molecule has 0 spiro atoms. The Morgan fingerprint density at radius 3 is 1.37 bits per heavy atom. The van der Waals surface area contributed by atoms with Gasteiger partial charge in [0.05, 0.1) is 5.72 Å². The fourth-order valence-electron chi connectivity index (χ4n) is 7.06. The second-order valence-electron chi connectivity index (χ2n) is 16.2. The fraction of sp³-hybridized carbons (Fsp3) is 0.208. The zero-order chi connectivity index (χ0) is 38.5. The molecular formula is C48H41BN4O2PdPt. The van der Waals surface area contributed by atoms with Gasteiger partial charge in [0.25, 0.3) is 0 Å². The predicted molar refractivity (Wildman–Crippen MR) is 220 cm³/mol. The van der Waals surface area contributed by atoms with E-state index in [2.05, 4.69) is 138 Å². The van der Waals surface area contributed by atoms with Gasteiger partial charge in [-0.1, -0.05) is 88.1 Å². The average Bonchev–Trinajstić information content (AvgIpc) is 3.47. The van der Waals surface area contributed by atoms with E-state index in [9.17, 15) is 0 Å². The Balaban J connectivity index is 0.00000275. The van der Waals surface area contributed by atoms with Crippen molar-refractivity contribution in [3.8, 4) is 56.6 Å². The molecule has 0 atom stereocenters. The van der Waals surface area contributed by atoms with Crippen molar-refractivity contribution in [3.63, 3.8) is 0 Å². The minimum atomic E-state index is -0.346. The molecule has 0 saturated carbocycles. The van der Waals surface area contributed by atoms with Crippen molar-refractivity contribution in [1.82, 2.24) is 19.9 Å². The van der Waals surface area contributed by atoms with E-state index in [1.165, 1.54) is 0 Å². The first-order chi connectivity index (χ1) is 26.3. The van der Waals surface area contributed by atoms with E-state index in [-0.39, 0.29) is 59.0 Å². The Morgan fingerprint density at radius 1 is 0.526 bits per heavy atom. The summed E-state index contributed by atoms with van der Waals surface area (Å²) in [5.74, 6) is 2.43. The van der Waals surface area contributed by atoms with Gasteiger partial charge in [0, 0.05) is 47.8 Å². The molecule has 0 fully saturated rings. The van der Waals surface area contributed by atoms with Crippen LogP contribution in [-0.2, 0) is 52.3 Å². The molecular weight excluding hydrogens is 977 g/mol. The van der Waals surface area contributed by atoms with Crippen LogP contribution < -0.4 is 26.1 Å². The minimum Gasteiger partial charge on any atom is -0.503 e. The van der Waals surface area contributed by atoms with Gasteiger partial charge < -0.3 is 19.4 Å². The van der Waals surface area contributed by atoms with Crippen LogP contribution in [0.2, 0.25) is 0 Å². The molecule has 0 N–H and O–H groups in total. The Bertz CT molecular complexity index is 2410. The van der Waals surface area contributed by atoms with Crippen LogP contribution in [0.5, 0.6) is 23.0 Å². The van der Waals surface area contributed by atoms with Crippen LogP contribution >= 0.6 is 0 Å². The van der Waals surface area contributed by atoms with Crippen molar-refractivity contribution in [3.05, 3.63) is 150 Å². The number of ether oxygens (including phenoxy) is 2. The summed E-state index contributed by atoms with van der Waals surface area (Å²) in [7, 11) is 0. The summed E-state index contributed by atoms with van der Waals surface area (Å²) >= 11 is 0. The fourth-order valence-corrected chi connectivity index (χ4v) is 7.06. The SMILES string of the molecule is Cc1ccnc(-c2[c-]c(Oc3[c-]c4c(cc3)-c3ccc(Oc5[c-]c(-c6cc(C)ccn6)ccc5C(C)(C)C)[c-]c3B4c3ncccn3)c(C(C)(C)C)cc2)c1.[Pd+2].[Pt+2]. The Hall–Kier alpha value is -4.72. The number of hydrogen-bond acceptors (Lipinski definition) is 6. The largest absolute Gasteiger partial charge is 2.00 e. The molecule has 0 amide bonds. The van der Waals surface area contributed by atoms with Crippen LogP contribution in [0, 0.1) is 38.1 Å². The van der Waals surface area contributed by atoms with Gasteiger partial charge in [-0.3, -0.25) is 9.97 Å². The van der Waals surface area contributed by atoms with E-state index in [1.54, 1.807) is 12.4 Å². The maximum atomic E-state index is 6.72. The van der Waals surface area contributed by atoms with Gasteiger partial charge in [0.2, 0.25) is 6.71 Å². The van der Waals surface area contributed by atoms with E-state index in [0.29, 0.717) is 28.7 Å². The first-order valence-electron chi connectivity index (χ1n) is 18.6. The number of hydrogen-bond donors (Lipinski definition) is 0. The molecule has 0 saturated heterocycles. The normalized spacial score (nSPS) is 11.9. The van der Waals surface area contributed by atoms with Gasteiger partial charge >= 0.3 is 41.5 Å². The van der Waals surface area contributed by atoms with E-state index >= 15 is 0 Å². The van der Waals surface area contributed by atoms with Crippen molar-refractivity contribution in [2.24, 2.45) is 0 Å². The number of nitrogens with zero attached hydrogens (tertiary/aromatic N) is 4. The first kappa shape index (κ1) is 41.9. The first-order valence-corrected chi connectivity index (χ1v) is 18.6. The smallest absolute Gasteiger partial charge is 0.503 e. The molecule has 57 heavy (non-hydrogen) atoms. The Morgan fingerprint density at radius 2 is 0.965 bits per heavy atom. The molecule has 0 aliphatic carbocycles. The van der Waals surface area contributed by atoms with Gasteiger partial charge in [-0.25, -0.2) is 0 Å². The summed E-state index contributed by atoms with van der Waals surface area (Å²) in [4.78, 5) is 18.7. The molecule has 3 aromatic heterocycles. The second-order valence-corrected chi connectivity index (χ2v) is 16.2. The molecule has 0 bridgehead atoms.